The van der Waals surface area contributed by atoms with Crippen molar-refractivity contribution in [3.8, 4) is 11.6 Å². The smallest absolute Gasteiger partial charge is 0.344 e. The fourth-order valence-corrected chi connectivity index (χ4v) is 4.00. The van der Waals surface area contributed by atoms with Gasteiger partial charge in [0.15, 0.2) is 0 Å². The maximum Gasteiger partial charge on any atom is 0.344 e. The Bertz CT molecular complexity index is 1290. The molecule has 0 radical (unpaired) electrons. The summed E-state index contributed by atoms with van der Waals surface area (Å²) in [6.07, 6.45) is 0. The molecule has 0 saturated heterocycles. The summed E-state index contributed by atoms with van der Waals surface area (Å²) in [6, 6.07) is 20.3. The largest absolute Gasteiger partial charge is 0.402 e. The van der Waals surface area contributed by atoms with E-state index in [4.69, 9.17) is 4.74 Å². The number of nitrogens with zero attached hydrogens (tertiary/aromatic N) is 3. The SMILES string of the molecule is Cc1nn(-c2ccccc2)c(OC(=O)c2ccc(F)cc2)c1Sc1ccccc1[N+](=O)[O-]. The third-order valence-electron chi connectivity index (χ3n) is 4.51. The molecule has 7 nitrogen and oxygen atoms in total. The number of aromatic nitrogens is 2. The molecule has 4 aromatic rings. The number of para-hydroxylation sites is 2. The predicted octanol–water partition coefficient (Wildman–Crippen LogP) is 5.60. The monoisotopic (exact) mass is 449 g/mol. The van der Waals surface area contributed by atoms with Crippen molar-refractivity contribution in [2.45, 2.75) is 16.7 Å². The van der Waals surface area contributed by atoms with Crippen LogP contribution < -0.4 is 4.74 Å². The molecule has 3 aromatic carbocycles. The number of ether oxygens (including phenoxy) is 1. The van der Waals surface area contributed by atoms with Crippen LogP contribution in [0.5, 0.6) is 5.88 Å². The van der Waals surface area contributed by atoms with Gasteiger partial charge in [-0.25, -0.2) is 9.18 Å². The number of nitro benzene ring substituents is 1. The molecule has 4 rings (SSSR count). The first kappa shape index (κ1) is 21.3. The second-order valence-corrected chi connectivity index (χ2v) is 7.74. The summed E-state index contributed by atoms with van der Waals surface area (Å²) in [6.45, 7) is 1.73. The lowest BCUT2D eigenvalue weighted by Crippen LogP contribution is -2.12. The third-order valence-corrected chi connectivity index (χ3v) is 5.75. The van der Waals surface area contributed by atoms with Gasteiger partial charge in [0, 0.05) is 6.07 Å². The molecule has 0 bridgehead atoms. The van der Waals surface area contributed by atoms with Crippen LogP contribution in [0.15, 0.2) is 88.7 Å². The summed E-state index contributed by atoms with van der Waals surface area (Å²) >= 11 is 1.09. The van der Waals surface area contributed by atoms with Crippen LogP contribution in [0.3, 0.4) is 0 Å². The zero-order valence-corrected chi connectivity index (χ0v) is 17.6. The van der Waals surface area contributed by atoms with Crippen molar-refractivity contribution in [2.75, 3.05) is 0 Å². The first-order valence-electron chi connectivity index (χ1n) is 9.48. The number of carbonyl (C=O) groups excluding carboxylic acids is 1. The van der Waals surface area contributed by atoms with Crippen LogP contribution in [0, 0.1) is 22.9 Å². The van der Waals surface area contributed by atoms with E-state index >= 15 is 0 Å². The van der Waals surface area contributed by atoms with Crippen LogP contribution in [0.25, 0.3) is 5.69 Å². The average Bonchev–Trinajstić information content (AvgIpc) is 3.10. The van der Waals surface area contributed by atoms with Crippen molar-refractivity contribution in [1.29, 1.82) is 0 Å². The topological polar surface area (TPSA) is 87.3 Å². The Labute approximate surface area is 186 Å². The number of rotatable bonds is 6. The van der Waals surface area contributed by atoms with E-state index in [1.807, 2.05) is 18.2 Å². The van der Waals surface area contributed by atoms with Gasteiger partial charge in [-0.3, -0.25) is 10.1 Å². The molecule has 0 aliphatic carbocycles. The minimum absolute atomic E-state index is 0.0693. The lowest BCUT2D eigenvalue weighted by molar-refractivity contribution is -0.387. The summed E-state index contributed by atoms with van der Waals surface area (Å²) in [5.74, 6) is -1.06. The van der Waals surface area contributed by atoms with Crippen molar-refractivity contribution in [2.24, 2.45) is 0 Å². The van der Waals surface area contributed by atoms with Gasteiger partial charge in [-0.2, -0.15) is 9.78 Å². The summed E-state index contributed by atoms with van der Waals surface area (Å²) in [4.78, 5) is 24.6. The molecular formula is C23H16FN3O4S. The molecule has 0 fully saturated rings. The fraction of sp³-hybridized carbons (Fsp3) is 0.0435. The molecule has 0 aliphatic rings. The van der Waals surface area contributed by atoms with Gasteiger partial charge in [-0.15, -0.1) is 0 Å². The van der Waals surface area contributed by atoms with Crippen molar-refractivity contribution in [3.05, 3.63) is 106 Å². The molecule has 160 valence electrons. The van der Waals surface area contributed by atoms with E-state index in [1.54, 1.807) is 37.3 Å². The molecule has 1 aromatic heterocycles. The molecule has 0 spiro atoms. The molecule has 0 N–H and O–H groups in total. The second kappa shape index (κ2) is 9.03. The number of hydrogen-bond acceptors (Lipinski definition) is 6. The van der Waals surface area contributed by atoms with Gasteiger partial charge in [0.1, 0.15) is 5.82 Å². The molecular weight excluding hydrogens is 433 g/mol. The van der Waals surface area contributed by atoms with Gasteiger partial charge in [-0.1, -0.05) is 42.1 Å². The van der Waals surface area contributed by atoms with Crippen LogP contribution in [0.2, 0.25) is 0 Å². The highest BCUT2D eigenvalue weighted by Gasteiger charge is 2.25. The highest BCUT2D eigenvalue weighted by atomic mass is 32.2. The summed E-state index contributed by atoms with van der Waals surface area (Å²) < 4.78 is 20.4. The Morgan fingerprint density at radius 3 is 2.38 bits per heavy atom. The molecule has 0 atom stereocenters. The van der Waals surface area contributed by atoms with Crippen LogP contribution >= 0.6 is 11.8 Å². The highest BCUT2D eigenvalue weighted by Crippen LogP contribution is 2.42. The predicted molar refractivity (Wildman–Crippen MR) is 117 cm³/mol. The standard InChI is InChI=1S/C23H16FN3O4S/c1-15-21(32-20-10-6-5-9-19(20)27(29)30)22(26(25-15)18-7-3-2-4-8-18)31-23(28)16-11-13-17(24)14-12-16/h2-14H,1H3. The van der Waals surface area contributed by atoms with E-state index < -0.39 is 16.7 Å². The lowest BCUT2D eigenvalue weighted by atomic mass is 10.2. The maximum atomic E-state index is 13.3. The second-order valence-electron chi connectivity index (χ2n) is 6.69. The first-order valence-corrected chi connectivity index (χ1v) is 10.3. The van der Waals surface area contributed by atoms with E-state index in [0.717, 1.165) is 11.8 Å². The minimum atomic E-state index is -0.702. The molecule has 0 unspecified atom stereocenters. The maximum absolute atomic E-state index is 13.3. The van der Waals surface area contributed by atoms with Crippen LogP contribution in [-0.2, 0) is 0 Å². The number of nitro groups is 1. The normalized spacial score (nSPS) is 10.7. The fourth-order valence-electron chi connectivity index (χ4n) is 2.98. The Kier molecular flexibility index (Phi) is 6.00. The van der Waals surface area contributed by atoms with Gasteiger partial charge in [0.2, 0.25) is 5.88 Å². The van der Waals surface area contributed by atoms with E-state index in [1.165, 1.54) is 35.0 Å². The number of benzene rings is 3. The molecule has 9 heteroatoms. The van der Waals surface area contributed by atoms with Gasteiger partial charge >= 0.3 is 5.97 Å². The summed E-state index contributed by atoms with van der Waals surface area (Å²) in [5.41, 5.74) is 1.26. The zero-order valence-electron chi connectivity index (χ0n) is 16.8. The Hall–Kier alpha value is -3.98. The molecule has 0 amide bonds. The Balaban J connectivity index is 1.80. The molecule has 32 heavy (non-hydrogen) atoms. The summed E-state index contributed by atoms with van der Waals surface area (Å²) in [5, 5.41) is 16.0. The minimum Gasteiger partial charge on any atom is -0.402 e. The van der Waals surface area contributed by atoms with Crippen LogP contribution in [0.4, 0.5) is 10.1 Å². The van der Waals surface area contributed by atoms with Crippen LogP contribution in [0.1, 0.15) is 16.1 Å². The molecule has 1 heterocycles. The van der Waals surface area contributed by atoms with E-state index in [2.05, 4.69) is 5.10 Å². The molecule has 0 aliphatic heterocycles. The van der Waals surface area contributed by atoms with Crippen molar-refractivity contribution in [3.63, 3.8) is 0 Å². The Morgan fingerprint density at radius 1 is 1.03 bits per heavy atom. The van der Waals surface area contributed by atoms with Crippen LogP contribution in [-0.4, -0.2) is 20.7 Å². The van der Waals surface area contributed by atoms with Gasteiger partial charge in [0.25, 0.3) is 5.69 Å². The number of aryl methyl sites for hydroxylation is 1. The van der Waals surface area contributed by atoms with Gasteiger partial charge in [-0.05, 0) is 49.4 Å². The number of esters is 1. The number of carbonyl (C=O) groups is 1. The van der Waals surface area contributed by atoms with E-state index in [0.29, 0.717) is 21.2 Å². The van der Waals surface area contributed by atoms with Crippen molar-refractivity contribution < 1.29 is 18.8 Å². The average molecular weight is 449 g/mol. The third kappa shape index (κ3) is 4.37. The van der Waals surface area contributed by atoms with Crippen molar-refractivity contribution in [1.82, 2.24) is 9.78 Å². The molecule has 0 saturated carbocycles. The van der Waals surface area contributed by atoms with Gasteiger partial charge in [0.05, 0.1) is 31.7 Å². The van der Waals surface area contributed by atoms with E-state index in [-0.39, 0.29) is 17.1 Å². The quantitative estimate of drug-likeness (QED) is 0.216. The van der Waals surface area contributed by atoms with Crippen molar-refractivity contribution >= 4 is 23.4 Å². The number of halogens is 1. The lowest BCUT2D eigenvalue weighted by Gasteiger charge is -2.10. The highest BCUT2D eigenvalue weighted by molar-refractivity contribution is 7.99. The first-order chi connectivity index (χ1) is 15.4. The van der Waals surface area contributed by atoms with Gasteiger partial charge < -0.3 is 4.74 Å². The Morgan fingerprint density at radius 2 is 1.69 bits per heavy atom. The van der Waals surface area contributed by atoms with E-state index in [9.17, 15) is 19.3 Å². The summed E-state index contributed by atoms with van der Waals surface area (Å²) in [7, 11) is 0. The number of hydrogen-bond donors (Lipinski definition) is 0. The zero-order chi connectivity index (χ0) is 22.7.